The normalized spacial score (nSPS) is 26.5. The molecule has 0 aromatic rings. The molecule has 2 N–H and O–H groups in total. The lowest BCUT2D eigenvalue weighted by molar-refractivity contribution is -0.134. The molecule has 4 heteroatoms. The average Bonchev–Trinajstić information content (AvgIpc) is 2.52. The monoisotopic (exact) mass is 158 g/mol. The molecule has 0 radical (unpaired) electrons. The van der Waals surface area contributed by atoms with Crippen molar-refractivity contribution in [1.82, 2.24) is 10.6 Å². The molecule has 64 valence electrons. The molecular formula is C7H14N2O2. The van der Waals surface area contributed by atoms with Crippen LogP contribution in [0.4, 0.5) is 0 Å². The zero-order valence-electron chi connectivity index (χ0n) is 6.67. The van der Waals surface area contributed by atoms with Gasteiger partial charge < -0.3 is 10.1 Å². The van der Waals surface area contributed by atoms with Gasteiger partial charge in [0.15, 0.2) is 0 Å². The summed E-state index contributed by atoms with van der Waals surface area (Å²) in [5, 5.41) is 6.34. The molecule has 0 aromatic carbocycles. The van der Waals surface area contributed by atoms with Crippen molar-refractivity contribution in [2.24, 2.45) is 0 Å². The first-order valence-corrected chi connectivity index (χ1v) is 3.91. The Kier molecular flexibility index (Phi) is 3.32. The molecule has 1 aliphatic rings. The number of hydrogen-bond donors (Lipinski definition) is 2. The second kappa shape index (κ2) is 4.31. The lowest BCUT2D eigenvalue weighted by Crippen LogP contribution is -2.38. The average molecular weight is 158 g/mol. The molecule has 0 aliphatic carbocycles. The standard InChI is InChI=1S/C7H14N2O2/c1-2-7(11-5-10)6-3-8-4-9-6/h5-9H,2-4H2,1H3. The highest BCUT2D eigenvalue weighted by molar-refractivity contribution is 5.37. The van der Waals surface area contributed by atoms with Crippen LogP contribution in [-0.2, 0) is 9.53 Å². The van der Waals surface area contributed by atoms with E-state index in [1.54, 1.807) is 0 Å². The Labute approximate surface area is 66.3 Å². The molecule has 2 unspecified atom stereocenters. The van der Waals surface area contributed by atoms with Crippen LogP contribution in [0.2, 0.25) is 0 Å². The summed E-state index contributed by atoms with van der Waals surface area (Å²) in [6.45, 7) is 4.22. The van der Waals surface area contributed by atoms with E-state index in [1.165, 1.54) is 0 Å². The van der Waals surface area contributed by atoms with E-state index in [4.69, 9.17) is 4.74 Å². The lowest BCUT2D eigenvalue weighted by Gasteiger charge is -2.19. The highest BCUT2D eigenvalue weighted by atomic mass is 16.5. The summed E-state index contributed by atoms with van der Waals surface area (Å²) in [6.07, 6.45) is 0.875. The van der Waals surface area contributed by atoms with E-state index in [-0.39, 0.29) is 12.1 Å². The van der Waals surface area contributed by atoms with E-state index in [1.807, 2.05) is 6.92 Å². The van der Waals surface area contributed by atoms with Gasteiger partial charge in [-0.1, -0.05) is 6.92 Å². The van der Waals surface area contributed by atoms with Gasteiger partial charge in [0.05, 0.1) is 6.04 Å². The van der Waals surface area contributed by atoms with Crippen LogP contribution in [0.1, 0.15) is 13.3 Å². The molecule has 0 spiro atoms. The van der Waals surface area contributed by atoms with Crippen molar-refractivity contribution < 1.29 is 9.53 Å². The van der Waals surface area contributed by atoms with E-state index in [2.05, 4.69) is 10.6 Å². The Morgan fingerprint density at radius 1 is 1.82 bits per heavy atom. The minimum atomic E-state index is 0.0162. The van der Waals surface area contributed by atoms with Gasteiger partial charge in [-0.3, -0.25) is 10.1 Å². The molecule has 4 nitrogen and oxygen atoms in total. The Bertz CT molecular complexity index is 124. The first kappa shape index (κ1) is 8.49. The maximum Gasteiger partial charge on any atom is 0.293 e. The zero-order chi connectivity index (χ0) is 8.10. The number of hydrogen-bond acceptors (Lipinski definition) is 4. The summed E-state index contributed by atoms with van der Waals surface area (Å²) < 4.78 is 4.89. The van der Waals surface area contributed by atoms with Crippen molar-refractivity contribution in [3.63, 3.8) is 0 Å². The van der Waals surface area contributed by atoms with Crippen molar-refractivity contribution in [2.75, 3.05) is 13.2 Å². The zero-order valence-corrected chi connectivity index (χ0v) is 6.67. The maximum atomic E-state index is 10.1. The predicted octanol–water partition coefficient (Wildman–Crippen LogP) is -0.543. The van der Waals surface area contributed by atoms with E-state index >= 15 is 0 Å². The Morgan fingerprint density at radius 2 is 2.64 bits per heavy atom. The van der Waals surface area contributed by atoms with Crippen LogP contribution in [0.3, 0.4) is 0 Å². The van der Waals surface area contributed by atoms with E-state index < -0.39 is 0 Å². The number of rotatable bonds is 4. The predicted molar refractivity (Wildman–Crippen MR) is 41.0 cm³/mol. The number of ether oxygens (including phenoxy) is 1. The van der Waals surface area contributed by atoms with E-state index in [0.29, 0.717) is 6.47 Å². The Hall–Kier alpha value is -0.610. The molecule has 1 saturated heterocycles. The lowest BCUT2D eigenvalue weighted by atomic mass is 10.1. The third-order valence-corrected chi connectivity index (χ3v) is 1.94. The van der Waals surface area contributed by atoms with E-state index in [0.717, 1.165) is 19.6 Å². The van der Waals surface area contributed by atoms with Gasteiger partial charge in [-0.2, -0.15) is 0 Å². The van der Waals surface area contributed by atoms with Gasteiger partial charge in [0.25, 0.3) is 6.47 Å². The van der Waals surface area contributed by atoms with Crippen molar-refractivity contribution in [3.8, 4) is 0 Å². The second-order valence-corrected chi connectivity index (χ2v) is 2.62. The van der Waals surface area contributed by atoms with Gasteiger partial charge in [0, 0.05) is 13.2 Å². The number of carbonyl (C=O) groups is 1. The molecule has 11 heavy (non-hydrogen) atoms. The van der Waals surface area contributed by atoms with Gasteiger partial charge in [-0.05, 0) is 6.42 Å². The Morgan fingerprint density at radius 3 is 3.09 bits per heavy atom. The van der Waals surface area contributed by atoms with Crippen LogP contribution < -0.4 is 10.6 Å². The third kappa shape index (κ3) is 2.17. The van der Waals surface area contributed by atoms with Gasteiger partial charge >= 0.3 is 0 Å². The Balaban J connectivity index is 2.33. The van der Waals surface area contributed by atoms with Crippen LogP contribution in [-0.4, -0.2) is 31.8 Å². The second-order valence-electron chi connectivity index (χ2n) is 2.62. The highest BCUT2D eigenvalue weighted by Gasteiger charge is 2.23. The van der Waals surface area contributed by atoms with Gasteiger partial charge in [-0.25, -0.2) is 0 Å². The fourth-order valence-electron chi connectivity index (χ4n) is 1.31. The first-order chi connectivity index (χ1) is 5.38. The summed E-state index contributed by atoms with van der Waals surface area (Å²) in [5.74, 6) is 0. The molecule has 1 fully saturated rings. The fourth-order valence-corrected chi connectivity index (χ4v) is 1.31. The molecule has 2 atom stereocenters. The smallest absolute Gasteiger partial charge is 0.293 e. The topological polar surface area (TPSA) is 50.4 Å². The van der Waals surface area contributed by atoms with Crippen LogP contribution in [0.5, 0.6) is 0 Å². The maximum absolute atomic E-state index is 10.1. The van der Waals surface area contributed by atoms with Crippen molar-refractivity contribution >= 4 is 6.47 Å². The summed E-state index contributed by atoms with van der Waals surface area (Å²) in [4.78, 5) is 10.1. The first-order valence-electron chi connectivity index (χ1n) is 3.91. The largest absolute Gasteiger partial charge is 0.463 e. The molecule has 0 saturated carbocycles. The van der Waals surface area contributed by atoms with Crippen LogP contribution in [0.25, 0.3) is 0 Å². The van der Waals surface area contributed by atoms with E-state index in [9.17, 15) is 4.79 Å². The number of carbonyl (C=O) groups excluding carboxylic acids is 1. The van der Waals surface area contributed by atoms with Crippen molar-refractivity contribution in [3.05, 3.63) is 0 Å². The van der Waals surface area contributed by atoms with Crippen molar-refractivity contribution in [1.29, 1.82) is 0 Å². The minimum Gasteiger partial charge on any atom is -0.463 e. The summed E-state index contributed by atoms with van der Waals surface area (Å²) in [5.41, 5.74) is 0. The molecule has 1 rings (SSSR count). The van der Waals surface area contributed by atoms with Gasteiger partial charge in [-0.15, -0.1) is 0 Å². The molecule has 0 aromatic heterocycles. The summed E-state index contributed by atoms with van der Waals surface area (Å²) in [7, 11) is 0. The van der Waals surface area contributed by atoms with Gasteiger partial charge in [0.1, 0.15) is 6.10 Å². The van der Waals surface area contributed by atoms with Gasteiger partial charge in [0.2, 0.25) is 0 Å². The molecular weight excluding hydrogens is 144 g/mol. The SMILES string of the molecule is CCC(OC=O)C1CNCN1. The molecule has 1 aliphatic heterocycles. The van der Waals surface area contributed by atoms with Crippen LogP contribution >= 0.6 is 0 Å². The fraction of sp³-hybridized carbons (Fsp3) is 0.857. The third-order valence-electron chi connectivity index (χ3n) is 1.94. The molecule has 0 amide bonds. The molecule has 1 heterocycles. The van der Waals surface area contributed by atoms with Crippen LogP contribution in [0, 0.1) is 0 Å². The minimum absolute atomic E-state index is 0.0162. The summed E-state index contributed by atoms with van der Waals surface area (Å²) >= 11 is 0. The molecule has 0 bridgehead atoms. The number of nitrogens with one attached hydrogen (secondary N) is 2. The van der Waals surface area contributed by atoms with Crippen molar-refractivity contribution in [2.45, 2.75) is 25.5 Å². The highest BCUT2D eigenvalue weighted by Crippen LogP contribution is 2.04. The quantitative estimate of drug-likeness (QED) is 0.539. The van der Waals surface area contributed by atoms with Crippen LogP contribution in [0.15, 0.2) is 0 Å². The summed E-state index contributed by atoms with van der Waals surface area (Å²) in [6, 6.07) is 0.283.